The van der Waals surface area contributed by atoms with Crippen molar-refractivity contribution in [3.63, 3.8) is 0 Å². The number of fused-ring (bicyclic) bond motifs is 3. The number of para-hydroxylation sites is 1. The van der Waals surface area contributed by atoms with E-state index in [4.69, 9.17) is 5.10 Å². The van der Waals surface area contributed by atoms with Gasteiger partial charge in [0.25, 0.3) is 11.5 Å². The number of benzene rings is 1. The highest BCUT2D eigenvalue weighted by molar-refractivity contribution is 6.01. The van der Waals surface area contributed by atoms with Crippen LogP contribution in [-0.4, -0.2) is 68.4 Å². The number of hydrogen-bond acceptors (Lipinski definition) is 9. The molecule has 0 bridgehead atoms. The van der Waals surface area contributed by atoms with E-state index in [9.17, 15) is 14.4 Å². The minimum Gasteiger partial charge on any atom is -0.366 e. The number of aryl methyl sites for hydroxylation is 1. The molecule has 13 heteroatoms. The van der Waals surface area contributed by atoms with Crippen molar-refractivity contribution in [1.29, 1.82) is 0 Å². The number of amides is 2. The largest absolute Gasteiger partial charge is 0.366 e. The lowest BCUT2D eigenvalue weighted by molar-refractivity contribution is -0.117. The number of anilines is 4. The Balaban J connectivity index is 1.13. The fourth-order valence-electron chi connectivity index (χ4n) is 6.24. The minimum absolute atomic E-state index is 0.0115. The molecule has 3 N–H and O–H groups in total. The number of pyridine rings is 1. The van der Waals surface area contributed by atoms with Crippen LogP contribution in [-0.2, 0) is 24.4 Å². The highest BCUT2D eigenvalue weighted by Gasteiger charge is 2.35. The molecule has 5 heterocycles. The Morgan fingerprint density at radius 2 is 1.87 bits per heavy atom. The lowest BCUT2D eigenvalue weighted by Crippen LogP contribution is -2.48. The van der Waals surface area contributed by atoms with Crippen LogP contribution in [0.5, 0.6) is 0 Å². The van der Waals surface area contributed by atoms with Gasteiger partial charge in [-0.3, -0.25) is 24.0 Å². The van der Waals surface area contributed by atoms with Crippen LogP contribution >= 0.6 is 0 Å². The summed E-state index contributed by atoms with van der Waals surface area (Å²) in [5.41, 5.74) is 6.46. The average molecular weight is 609 g/mol. The number of carbonyl (C=O) groups excluding carboxylic acids is 2. The van der Waals surface area contributed by atoms with Crippen molar-refractivity contribution in [2.75, 3.05) is 42.7 Å². The lowest BCUT2D eigenvalue weighted by atomic mass is 9.97. The van der Waals surface area contributed by atoms with Crippen molar-refractivity contribution >= 4 is 34.7 Å². The maximum Gasteiger partial charge on any atom is 0.273 e. The zero-order chi connectivity index (χ0) is 31.2. The molecule has 0 atom stereocenters. The Morgan fingerprint density at radius 3 is 2.62 bits per heavy atom. The fraction of sp³-hybridized carbons (Fsp3) is 0.375. The van der Waals surface area contributed by atoms with E-state index in [2.05, 4.69) is 46.7 Å². The Kier molecular flexibility index (Phi) is 7.32. The second-order valence-corrected chi connectivity index (χ2v) is 11.9. The Labute approximate surface area is 260 Å². The molecule has 3 aliphatic rings. The van der Waals surface area contributed by atoms with Crippen LogP contribution in [0, 0.1) is 5.92 Å². The summed E-state index contributed by atoms with van der Waals surface area (Å²) in [4.78, 5) is 42.2. The lowest BCUT2D eigenvalue weighted by Gasteiger charge is -2.41. The third kappa shape index (κ3) is 5.33. The molecule has 45 heavy (non-hydrogen) atoms. The van der Waals surface area contributed by atoms with E-state index >= 15 is 0 Å². The van der Waals surface area contributed by atoms with Crippen LogP contribution in [0.2, 0.25) is 0 Å². The van der Waals surface area contributed by atoms with Gasteiger partial charge in [0, 0.05) is 75.1 Å². The smallest absolute Gasteiger partial charge is 0.273 e. The molecule has 13 nitrogen and oxygen atoms in total. The van der Waals surface area contributed by atoms with Crippen LogP contribution in [0.4, 0.5) is 22.9 Å². The van der Waals surface area contributed by atoms with Gasteiger partial charge in [-0.15, -0.1) is 10.2 Å². The molecular formula is C32H36N10O3. The molecule has 232 valence electrons. The molecule has 3 aromatic heterocycles. The standard InChI is InChI=1S/C32H36N10O3/c1-4-41-12-6-7-20(32(41)45)15-40-16-21(17-40)42-26-18-39(3)29-22(23(26)14-34-42)8-5-9-24(29)35-25-13-27(36-30(43)19-10-11-19)37-38-28(25)31(44)33-2/h5-9,12-14,19,21H,4,10-11,15-18H2,1-3H3,(H,33,44)(H2,35,36,37,43). The third-order valence-corrected chi connectivity index (χ3v) is 8.82. The average Bonchev–Trinajstić information content (AvgIpc) is 3.80. The van der Waals surface area contributed by atoms with E-state index in [-0.39, 0.29) is 35.0 Å². The monoisotopic (exact) mass is 608 g/mol. The Hall–Kier alpha value is -5.04. The summed E-state index contributed by atoms with van der Waals surface area (Å²) in [6.07, 6.45) is 5.50. The zero-order valence-electron chi connectivity index (χ0n) is 25.6. The van der Waals surface area contributed by atoms with Gasteiger partial charge >= 0.3 is 0 Å². The first-order chi connectivity index (χ1) is 21.8. The van der Waals surface area contributed by atoms with Gasteiger partial charge in [0.1, 0.15) is 0 Å². The summed E-state index contributed by atoms with van der Waals surface area (Å²) >= 11 is 0. The predicted octanol–water partition coefficient (Wildman–Crippen LogP) is 2.98. The zero-order valence-corrected chi connectivity index (χ0v) is 25.6. The normalized spacial score (nSPS) is 16.0. The summed E-state index contributed by atoms with van der Waals surface area (Å²) in [5, 5.41) is 21.9. The number of aromatic nitrogens is 5. The summed E-state index contributed by atoms with van der Waals surface area (Å²) < 4.78 is 3.87. The second-order valence-electron chi connectivity index (χ2n) is 11.9. The molecule has 2 fully saturated rings. The van der Waals surface area contributed by atoms with E-state index < -0.39 is 0 Å². The maximum atomic E-state index is 12.7. The van der Waals surface area contributed by atoms with E-state index in [0.29, 0.717) is 31.1 Å². The quantitative estimate of drug-likeness (QED) is 0.261. The van der Waals surface area contributed by atoms with Crippen molar-refractivity contribution in [3.8, 4) is 11.1 Å². The van der Waals surface area contributed by atoms with Gasteiger partial charge in [0.2, 0.25) is 5.91 Å². The van der Waals surface area contributed by atoms with Gasteiger partial charge < -0.3 is 25.4 Å². The molecule has 0 unspecified atom stereocenters. The van der Waals surface area contributed by atoms with Crippen molar-refractivity contribution in [2.45, 2.75) is 45.4 Å². The van der Waals surface area contributed by atoms with Crippen molar-refractivity contribution in [2.24, 2.45) is 5.92 Å². The summed E-state index contributed by atoms with van der Waals surface area (Å²) in [7, 11) is 3.58. The van der Waals surface area contributed by atoms with Crippen LogP contribution < -0.4 is 26.4 Å². The van der Waals surface area contributed by atoms with Crippen LogP contribution in [0.25, 0.3) is 11.1 Å². The van der Waals surface area contributed by atoms with Crippen LogP contribution in [0.3, 0.4) is 0 Å². The molecular weight excluding hydrogens is 572 g/mol. The first-order valence-electron chi connectivity index (χ1n) is 15.3. The number of carbonyl (C=O) groups is 2. The summed E-state index contributed by atoms with van der Waals surface area (Å²) in [6.45, 7) is 5.57. The van der Waals surface area contributed by atoms with E-state index in [1.165, 1.54) is 0 Å². The first kappa shape index (κ1) is 28.7. The second kappa shape index (κ2) is 11.5. The molecule has 7 rings (SSSR count). The van der Waals surface area contributed by atoms with E-state index in [0.717, 1.165) is 59.7 Å². The molecule has 1 saturated heterocycles. The fourth-order valence-corrected chi connectivity index (χ4v) is 6.24. The SMILES string of the molecule is CCn1cccc(CN2CC(n3ncc4c3CN(C)c3c(Nc5cc(NC(=O)C6CC6)nnc5C(=O)NC)cccc3-4)C2)c1=O. The number of nitrogens with zero attached hydrogens (tertiary/aromatic N) is 7. The molecule has 0 radical (unpaired) electrons. The minimum atomic E-state index is -0.385. The third-order valence-electron chi connectivity index (χ3n) is 8.82. The highest BCUT2D eigenvalue weighted by Crippen LogP contribution is 2.45. The Morgan fingerprint density at radius 1 is 1.04 bits per heavy atom. The molecule has 1 aromatic carbocycles. The van der Waals surface area contributed by atoms with Crippen molar-refractivity contribution in [3.05, 3.63) is 76.1 Å². The van der Waals surface area contributed by atoms with Crippen LogP contribution in [0.1, 0.15) is 47.6 Å². The van der Waals surface area contributed by atoms with Gasteiger partial charge in [-0.1, -0.05) is 18.2 Å². The number of rotatable bonds is 9. The van der Waals surface area contributed by atoms with Gasteiger partial charge in [-0.2, -0.15) is 5.10 Å². The van der Waals surface area contributed by atoms with Gasteiger partial charge in [0.05, 0.1) is 41.5 Å². The van der Waals surface area contributed by atoms with E-state index in [1.54, 1.807) is 17.7 Å². The van der Waals surface area contributed by atoms with Gasteiger partial charge in [-0.05, 0) is 31.9 Å². The molecule has 2 aliphatic heterocycles. The van der Waals surface area contributed by atoms with Crippen molar-refractivity contribution in [1.82, 2.24) is 34.8 Å². The van der Waals surface area contributed by atoms with Gasteiger partial charge in [0.15, 0.2) is 11.5 Å². The van der Waals surface area contributed by atoms with Crippen molar-refractivity contribution < 1.29 is 9.59 Å². The predicted molar refractivity (Wildman–Crippen MR) is 171 cm³/mol. The number of nitrogens with one attached hydrogen (secondary N) is 3. The van der Waals surface area contributed by atoms with Crippen LogP contribution in [0.15, 0.2) is 53.6 Å². The summed E-state index contributed by atoms with van der Waals surface area (Å²) in [6, 6.07) is 11.7. The topological polar surface area (TPSA) is 142 Å². The molecule has 2 amide bonds. The summed E-state index contributed by atoms with van der Waals surface area (Å²) in [5.74, 6) is -0.164. The Bertz CT molecular complexity index is 1850. The first-order valence-corrected chi connectivity index (χ1v) is 15.3. The molecule has 0 spiro atoms. The number of hydrogen-bond donors (Lipinski definition) is 3. The maximum absolute atomic E-state index is 12.7. The molecule has 1 aliphatic carbocycles. The molecule has 4 aromatic rings. The highest BCUT2D eigenvalue weighted by atomic mass is 16.2. The number of likely N-dealkylation sites (tertiary alicyclic amines) is 1. The van der Waals surface area contributed by atoms with E-state index in [1.807, 2.05) is 50.6 Å². The molecule has 1 saturated carbocycles. The van der Waals surface area contributed by atoms with Gasteiger partial charge in [-0.25, -0.2) is 0 Å².